The van der Waals surface area contributed by atoms with E-state index in [4.69, 9.17) is 0 Å². The zero-order valence-electron chi connectivity index (χ0n) is 18.1. The predicted octanol–water partition coefficient (Wildman–Crippen LogP) is 4.35. The zero-order valence-corrected chi connectivity index (χ0v) is 18.1. The molecule has 0 spiro atoms. The number of hydrogen-bond donors (Lipinski definition) is 3. The Hall–Kier alpha value is -3.75. The number of fused-ring (bicyclic) bond motifs is 1. The Morgan fingerprint density at radius 1 is 0.970 bits per heavy atom. The molecule has 0 saturated heterocycles. The van der Waals surface area contributed by atoms with Crippen molar-refractivity contribution in [3.05, 3.63) is 59.7 Å². The van der Waals surface area contributed by atoms with Crippen molar-refractivity contribution in [1.82, 2.24) is 20.1 Å². The first-order valence-corrected chi connectivity index (χ1v) is 11.3. The Balaban J connectivity index is 1.29. The van der Waals surface area contributed by atoms with Gasteiger partial charge in [0.05, 0.1) is 5.69 Å². The molecule has 1 fully saturated rings. The lowest BCUT2D eigenvalue weighted by Gasteiger charge is -2.11. The topological polar surface area (TPSA) is 101 Å². The van der Waals surface area contributed by atoms with E-state index in [1.54, 1.807) is 36.4 Å². The van der Waals surface area contributed by atoms with E-state index in [0.29, 0.717) is 22.6 Å². The van der Waals surface area contributed by atoms with Crippen LogP contribution in [0.5, 0.6) is 0 Å². The van der Waals surface area contributed by atoms with Crippen molar-refractivity contribution in [2.45, 2.75) is 51.1 Å². The monoisotopic (exact) mass is 448 g/mol. The Morgan fingerprint density at radius 3 is 2.58 bits per heavy atom. The number of anilines is 2. The molecule has 2 heterocycles. The lowest BCUT2D eigenvalue weighted by molar-refractivity contribution is 0.102. The number of urea groups is 1. The number of hydrogen-bond acceptors (Lipinski definition) is 4. The van der Waals surface area contributed by atoms with Gasteiger partial charge in [0.15, 0.2) is 5.82 Å². The number of nitrogens with zero attached hydrogens (tertiary/aromatic N) is 3. The van der Waals surface area contributed by atoms with E-state index in [1.165, 1.54) is 6.07 Å². The molecule has 0 bridgehead atoms. The van der Waals surface area contributed by atoms with Crippen LogP contribution in [0, 0.1) is 5.82 Å². The van der Waals surface area contributed by atoms with Gasteiger partial charge in [0, 0.05) is 35.8 Å². The normalized spacial score (nSPS) is 15.3. The van der Waals surface area contributed by atoms with Crippen LogP contribution in [0.3, 0.4) is 0 Å². The van der Waals surface area contributed by atoms with Crippen LogP contribution in [0.4, 0.5) is 20.6 Å². The molecule has 33 heavy (non-hydrogen) atoms. The molecular weight excluding hydrogens is 423 g/mol. The smallest absolute Gasteiger partial charge is 0.319 e. The lowest BCUT2D eigenvalue weighted by Crippen LogP contribution is -2.30. The number of carbonyl (C=O) groups is 2. The summed E-state index contributed by atoms with van der Waals surface area (Å²) in [6, 6.07) is 11.0. The second kappa shape index (κ2) is 9.01. The van der Waals surface area contributed by atoms with Crippen molar-refractivity contribution in [1.29, 1.82) is 0 Å². The Bertz CT molecular complexity index is 1190. The molecule has 2 aromatic carbocycles. The lowest BCUT2D eigenvalue weighted by atomic mass is 10.1. The number of nitrogens with one attached hydrogen (secondary N) is 3. The SMILES string of the molecule is O=C(Nc1ccc(C(=O)Nc2cc(-c3nnc4n3CCCCC4)ccc2F)cc1)NC1CC1. The van der Waals surface area contributed by atoms with Gasteiger partial charge in [0.2, 0.25) is 0 Å². The molecule has 3 amide bonds. The van der Waals surface area contributed by atoms with Crippen molar-refractivity contribution in [2.24, 2.45) is 0 Å². The Kier molecular flexibility index (Phi) is 5.77. The number of rotatable bonds is 5. The number of halogens is 1. The molecule has 0 unspecified atom stereocenters. The maximum Gasteiger partial charge on any atom is 0.319 e. The number of aryl methyl sites for hydroxylation is 1. The fourth-order valence-electron chi connectivity index (χ4n) is 3.94. The third kappa shape index (κ3) is 4.87. The maximum absolute atomic E-state index is 14.5. The van der Waals surface area contributed by atoms with Gasteiger partial charge in [-0.25, -0.2) is 9.18 Å². The Labute approximate surface area is 190 Å². The van der Waals surface area contributed by atoms with E-state index < -0.39 is 11.7 Å². The van der Waals surface area contributed by atoms with Gasteiger partial charge in [0.25, 0.3) is 5.91 Å². The molecule has 1 aliphatic carbocycles. The molecular formula is C24H25FN6O2. The first kappa shape index (κ1) is 21.1. The average Bonchev–Trinajstić information content (AvgIpc) is 3.58. The molecule has 2 aliphatic rings. The summed E-state index contributed by atoms with van der Waals surface area (Å²) in [6.07, 6.45) is 6.17. The molecule has 0 atom stereocenters. The third-order valence-electron chi connectivity index (χ3n) is 5.90. The number of amides is 3. The summed E-state index contributed by atoms with van der Waals surface area (Å²) >= 11 is 0. The second-order valence-electron chi connectivity index (χ2n) is 8.50. The van der Waals surface area contributed by atoms with Crippen LogP contribution in [0.15, 0.2) is 42.5 Å². The van der Waals surface area contributed by atoms with Gasteiger partial charge in [-0.2, -0.15) is 0 Å². The first-order valence-electron chi connectivity index (χ1n) is 11.3. The van der Waals surface area contributed by atoms with E-state index in [0.717, 1.165) is 50.9 Å². The molecule has 0 radical (unpaired) electrons. The quantitative estimate of drug-likeness (QED) is 0.540. The summed E-state index contributed by atoms with van der Waals surface area (Å²) in [4.78, 5) is 24.6. The van der Waals surface area contributed by atoms with Gasteiger partial charge in [-0.1, -0.05) is 6.42 Å². The van der Waals surface area contributed by atoms with Gasteiger partial charge in [-0.05, 0) is 68.1 Å². The zero-order chi connectivity index (χ0) is 22.8. The minimum atomic E-state index is -0.530. The van der Waals surface area contributed by atoms with Crippen LogP contribution in [-0.2, 0) is 13.0 Å². The van der Waals surface area contributed by atoms with Crippen LogP contribution in [-0.4, -0.2) is 32.7 Å². The summed E-state index contributed by atoms with van der Waals surface area (Å²) in [5, 5.41) is 16.8. The van der Waals surface area contributed by atoms with E-state index in [2.05, 4.69) is 30.7 Å². The number of carbonyl (C=O) groups excluding carboxylic acids is 2. The summed E-state index contributed by atoms with van der Waals surface area (Å²) in [5.74, 6) is 0.650. The molecule has 1 aromatic heterocycles. The highest BCUT2D eigenvalue weighted by atomic mass is 19.1. The Morgan fingerprint density at radius 2 is 1.79 bits per heavy atom. The van der Waals surface area contributed by atoms with Crippen LogP contribution < -0.4 is 16.0 Å². The molecule has 1 saturated carbocycles. The highest BCUT2D eigenvalue weighted by Gasteiger charge is 2.23. The molecule has 1 aliphatic heterocycles. The minimum Gasteiger partial charge on any atom is -0.335 e. The summed E-state index contributed by atoms with van der Waals surface area (Å²) in [6.45, 7) is 0.829. The minimum absolute atomic E-state index is 0.0782. The van der Waals surface area contributed by atoms with Crippen molar-refractivity contribution in [2.75, 3.05) is 10.6 Å². The third-order valence-corrected chi connectivity index (χ3v) is 5.90. The summed E-state index contributed by atoms with van der Waals surface area (Å²) in [7, 11) is 0. The fourth-order valence-corrected chi connectivity index (χ4v) is 3.94. The van der Waals surface area contributed by atoms with E-state index in [-0.39, 0.29) is 17.8 Å². The average molecular weight is 449 g/mol. The van der Waals surface area contributed by atoms with Gasteiger partial charge in [-0.15, -0.1) is 10.2 Å². The fraction of sp³-hybridized carbons (Fsp3) is 0.333. The van der Waals surface area contributed by atoms with Crippen LogP contribution >= 0.6 is 0 Å². The van der Waals surface area contributed by atoms with Gasteiger partial charge >= 0.3 is 6.03 Å². The van der Waals surface area contributed by atoms with Gasteiger partial charge in [0.1, 0.15) is 11.6 Å². The van der Waals surface area contributed by atoms with Crippen molar-refractivity contribution >= 4 is 23.3 Å². The highest BCUT2D eigenvalue weighted by Crippen LogP contribution is 2.27. The van der Waals surface area contributed by atoms with Crippen molar-refractivity contribution < 1.29 is 14.0 Å². The summed E-state index contributed by atoms with van der Waals surface area (Å²) < 4.78 is 16.6. The van der Waals surface area contributed by atoms with Gasteiger partial charge in [-0.3, -0.25) is 4.79 Å². The highest BCUT2D eigenvalue weighted by molar-refractivity contribution is 6.05. The predicted molar refractivity (Wildman–Crippen MR) is 123 cm³/mol. The van der Waals surface area contributed by atoms with Crippen molar-refractivity contribution in [3.63, 3.8) is 0 Å². The summed E-state index contributed by atoms with van der Waals surface area (Å²) in [5.41, 5.74) is 1.71. The molecule has 170 valence electrons. The molecule has 5 rings (SSSR count). The standard InChI is InChI=1S/C24H25FN6O2/c25-19-12-7-16(22-30-29-21-4-2-1-3-13-31(21)22)14-20(19)28-23(32)15-5-8-17(9-6-15)26-24(33)27-18-10-11-18/h5-9,12,14,18H,1-4,10-11,13H2,(H,28,32)(H2,26,27,33). The molecule has 9 heteroatoms. The van der Waals surface area contributed by atoms with Gasteiger partial charge < -0.3 is 20.5 Å². The van der Waals surface area contributed by atoms with Crippen LogP contribution in [0.1, 0.15) is 48.3 Å². The van der Waals surface area contributed by atoms with Crippen LogP contribution in [0.25, 0.3) is 11.4 Å². The van der Waals surface area contributed by atoms with Crippen LogP contribution in [0.2, 0.25) is 0 Å². The van der Waals surface area contributed by atoms with E-state index in [1.807, 2.05) is 0 Å². The number of aromatic nitrogens is 3. The maximum atomic E-state index is 14.5. The second-order valence-corrected chi connectivity index (χ2v) is 8.50. The number of benzene rings is 2. The van der Waals surface area contributed by atoms with E-state index >= 15 is 0 Å². The molecule has 3 N–H and O–H groups in total. The largest absolute Gasteiger partial charge is 0.335 e. The molecule has 3 aromatic rings. The molecule has 8 nitrogen and oxygen atoms in total. The van der Waals surface area contributed by atoms with Crippen molar-refractivity contribution in [3.8, 4) is 11.4 Å². The first-order chi connectivity index (χ1) is 16.1. The van der Waals surface area contributed by atoms with E-state index in [9.17, 15) is 14.0 Å².